The summed E-state index contributed by atoms with van der Waals surface area (Å²) in [5, 5.41) is 30.3. The van der Waals surface area contributed by atoms with Gasteiger partial charge in [-0.3, -0.25) is 4.79 Å². The maximum atomic E-state index is 15.2. The van der Waals surface area contributed by atoms with Crippen molar-refractivity contribution in [2.75, 3.05) is 31.7 Å². The molecule has 3 aliphatic rings. The van der Waals surface area contributed by atoms with E-state index in [9.17, 15) is 19.8 Å². The molecule has 1 saturated carbocycles. The molecule has 6 rings (SSSR count). The lowest BCUT2D eigenvalue weighted by atomic mass is 9.55. The highest BCUT2D eigenvalue weighted by atomic mass is 32.2. The number of rotatable bonds is 21. The van der Waals surface area contributed by atoms with Gasteiger partial charge in [-0.05, 0) is 118 Å². The minimum atomic E-state index is -4.29. The van der Waals surface area contributed by atoms with E-state index in [0.29, 0.717) is 55.0 Å². The number of sulfonamides is 1. The van der Waals surface area contributed by atoms with E-state index in [2.05, 4.69) is 23.3 Å². The highest BCUT2D eigenvalue weighted by Crippen LogP contribution is 2.62. The molecule has 1 fully saturated rings. The van der Waals surface area contributed by atoms with E-state index in [1.54, 1.807) is 30.3 Å². The smallest absolute Gasteiger partial charge is 0.412 e. The number of nitrogens with zero attached hydrogens (tertiary/aromatic N) is 2. The summed E-state index contributed by atoms with van der Waals surface area (Å²) in [6, 6.07) is 19.9. The van der Waals surface area contributed by atoms with E-state index < -0.39 is 45.4 Å². The summed E-state index contributed by atoms with van der Waals surface area (Å²) < 4.78 is 52.1. The summed E-state index contributed by atoms with van der Waals surface area (Å²) in [4.78, 5) is 31.4. The summed E-state index contributed by atoms with van der Waals surface area (Å²) in [7, 11) is -4.29. The van der Waals surface area contributed by atoms with Crippen molar-refractivity contribution in [3.8, 4) is 11.5 Å². The Labute approximate surface area is 384 Å². The molecule has 65 heavy (non-hydrogen) atoms. The van der Waals surface area contributed by atoms with Crippen LogP contribution in [0.5, 0.6) is 11.5 Å². The number of nitrogens with one attached hydrogen (secondary N) is 2. The van der Waals surface area contributed by atoms with Crippen molar-refractivity contribution in [2.45, 2.75) is 121 Å². The number of carbonyl (C=O) groups excluding carboxylic acids is 2. The maximum absolute atomic E-state index is 15.2. The van der Waals surface area contributed by atoms with Crippen LogP contribution in [0.15, 0.2) is 107 Å². The fourth-order valence-corrected chi connectivity index (χ4v) is 11.2. The van der Waals surface area contributed by atoms with E-state index in [1.165, 1.54) is 23.4 Å². The largest absolute Gasteiger partial charge is 0.460 e. The van der Waals surface area contributed by atoms with Crippen molar-refractivity contribution in [2.24, 2.45) is 22.9 Å². The second-order valence-electron chi connectivity index (χ2n) is 18.0. The Morgan fingerprint density at radius 3 is 2.35 bits per heavy atom. The Bertz CT molecular complexity index is 2280. The quantitative estimate of drug-likeness (QED) is 0.0459. The van der Waals surface area contributed by atoms with Crippen LogP contribution in [0.4, 0.5) is 10.5 Å². The van der Waals surface area contributed by atoms with Gasteiger partial charge in [0.2, 0.25) is 21.7 Å². The summed E-state index contributed by atoms with van der Waals surface area (Å²) in [5.41, 5.74) is 2.84. The highest BCUT2D eigenvalue weighted by molar-refractivity contribution is 7.89. The number of allylic oxidation sites excluding steroid dienone is 1. The normalized spacial score (nSPS) is 23.1. The number of amides is 2. The number of anilines is 1. The van der Waals surface area contributed by atoms with Gasteiger partial charge in [0.1, 0.15) is 17.1 Å². The van der Waals surface area contributed by atoms with E-state index >= 15 is 8.42 Å². The van der Waals surface area contributed by atoms with Crippen LogP contribution in [-0.2, 0) is 30.9 Å². The number of oxime groups is 1. The Morgan fingerprint density at radius 2 is 1.71 bits per heavy atom. The first kappa shape index (κ1) is 49.4. The van der Waals surface area contributed by atoms with Crippen LogP contribution < -0.4 is 20.1 Å². The van der Waals surface area contributed by atoms with Gasteiger partial charge in [0.25, 0.3) is 0 Å². The maximum Gasteiger partial charge on any atom is 0.412 e. The molecule has 3 aromatic carbocycles. The molecule has 1 aliphatic heterocycles. The van der Waals surface area contributed by atoms with Crippen LogP contribution >= 0.6 is 0 Å². The minimum absolute atomic E-state index is 0.0244. The van der Waals surface area contributed by atoms with Crippen molar-refractivity contribution in [1.82, 2.24) is 9.62 Å². The zero-order valence-electron chi connectivity index (χ0n) is 38.3. The van der Waals surface area contributed by atoms with Crippen molar-refractivity contribution < 1.29 is 47.3 Å². The minimum Gasteiger partial charge on any atom is -0.460 e. The van der Waals surface area contributed by atoms with Gasteiger partial charge in [-0.1, -0.05) is 67.4 Å². The molecular formula is C50H66N4O10S. The van der Waals surface area contributed by atoms with E-state index in [-0.39, 0.29) is 62.0 Å². The molecule has 14 nitrogen and oxygen atoms in total. The Morgan fingerprint density at radius 1 is 1.00 bits per heavy atom. The van der Waals surface area contributed by atoms with Gasteiger partial charge in [-0.25, -0.2) is 13.2 Å². The predicted molar refractivity (Wildman–Crippen MR) is 250 cm³/mol. The van der Waals surface area contributed by atoms with E-state index in [0.717, 1.165) is 29.5 Å². The van der Waals surface area contributed by atoms with Crippen molar-refractivity contribution in [1.29, 1.82) is 0 Å². The first-order chi connectivity index (χ1) is 31.1. The second-order valence-corrected chi connectivity index (χ2v) is 19.9. The number of unbranched alkanes of at least 4 members (excludes halogenated alkanes) is 2. The number of aliphatic hydroxyl groups is 2. The van der Waals surface area contributed by atoms with Gasteiger partial charge < -0.3 is 39.9 Å². The summed E-state index contributed by atoms with van der Waals surface area (Å²) in [5.74, 6) is -2.35. The van der Waals surface area contributed by atoms with Gasteiger partial charge in [0.05, 0.1) is 29.2 Å². The first-order valence-corrected chi connectivity index (χ1v) is 24.3. The molecule has 0 radical (unpaired) electrons. The molecule has 1 heterocycles. The van der Waals surface area contributed by atoms with Crippen molar-refractivity contribution in [3.63, 3.8) is 0 Å². The highest BCUT2D eigenvalue weighted by Gasteiger charge is 2.66. The fraction of sp³-hybridized carbons (Fsp3) is 0.500. The number of hydrogen-bond donors (Lipinski definition) is 4. The Balaban J connectivity index is 1.57. The molecule has 4 N–H and O–H groups in total. The summed E-state index contributed by atoms with van der Waals surface area (Å²) >= 11 is 0. The first-order valence-electron chi connectivity index (χ1n) is 22.8. The second kappa shape index (κ2) is 22.0. The average Bonchev–Trinajstić information content (AvgIpc) is 3.27. The van der Waals surface area contributed by atoms with Gasteiger partial charge in [-0.2, -0.15) is 4.31 Å². The van der Waals surface area contributed by atoms with Crippen LogP contribution in [-0.4, -0.2) is 84.4 Å². The molecule has 6 atom stereocenters. The van der Waals surface area contributed by atoms with Gasteiger partial charge in [0.15, 0.2) is 0 Å². The molecule has 0 saturated heterocycles. The monoisotopic (exact) mass is 914 g/mol. The van der Waals surface area contributed by atoms with Gasteiger partial charge in [-0.15, -0.1) is 6.58 Å². The summed E-state index contributed by atoms with van der Waals surface area (Å²) in [6.45, 7) is 13.5. The molecule has 0 bridgehead atoms. The fourth-order valence-electron chi connectivity index (χ4n) is 9.50. The molecule has 0 unspecified atom stereocenters. The molecule has 2 amide bonds. The molecule has 0 aromatic heterocycles. The van der Waals surface area contributed by atoms with Crippen LogP contribution in [0, 0.1) is 17.8 Å². The molecule has 3 aromatic rings. The number of ether oxygens (including phenoxy) is 3. The zero-order chi connectivity index (χ0) is 46.8. The third-order valence-corrected chi connectivity index (χ3v) is 14.1. The van der Waals surface area contributed by atoms with Gasteiger partial charge >= 0.3 is 6.09 Å². The van der Waals surface area contributed by atoms with Crippen LogP contribution in [0.1, 0.15) is 103 Å². The predicted octanol–water partition coefficient (Wildman–Crippen LogP) is 8.47. The molecule has 352 valence electrons. The lowest BCUT2D eigenvalue weighted by Crippen LogP contribution is -2.70. The molecule has 2 aliphatic carbocycles. The lowest BCUT2D eigenvalue weighted by Gasteiger charge is -2.59. The van der Waals surface area contributed by atoms with Crippen molar-refractivity contribution in [3.05, 3.63) is 108 Å². The number of benzene rings is 3. The SMILES string of the molecule is C=CCO[C@@]12Oc3ccc(OC(=O)NCc4ccccc4)cc3[C@H]3[C@H](CCCCO)[C@@H](CCCCO)C=C(C(=NOC(C)(C)C)C[C@@H]1N(CCC)S(=O)(=O)c1ccc(NC(C)=O)cc1)[C@H]32. The topological polar surface area (TPSA) is 185 Å². The average molecular weight is 915 g/mol. The third-order valence-electron chi connectivity index (χ3n) is 12.1. The third kappa shape index (κ3) is 11.7. The number of aliphatic hydroxyl groups excluding tert-OH is 2. The van der Waals surface area contributed by atoms with Crippen LogP contribution in [0.25, 0.3) is 0 Å². The molecule has 15 heteroatoms. The van der Waals surface area contributed by atoms with Crippen LogP contribution in [0.3, 0.4) is 0 Å². The zero-order valence-corrected chi connectivity index (χ0v) is 39.1. The van der Waals surface area contributed by atoms with E-state index in [1.807, 2.05) is 64.1 Å². The Hall–Kier alpha value is -5.06. The van der Waals surface area contributed by atoms with Crippen LogP contribution in [0.2, 0.25) is 0 Å². The molecule has 0 spiro atoms. The number of hydrogen-bond acceptors (Lipinski definition) is 11. The van der Waals surface area contributed by atoms with E-state index in [4.69, 9.17) is 24.2 Å². The molecular weight excluding hydrogens is 849 g/mol. The number of carbonyl (C=O) groups is 2. The Kier molecular flexibility index (Phi) is 16.7. The van der Waals surface area contributed by atoms with Gasteiger partial charge in [0, 0.05) is 56.8 Å². The lowest BCUT2D eigenvalue weighted by molar-refractivity contribution is -0.251. The van der Waals surface area contributed by atoms with Crippen molar-refractivity contribution >= 4 is 33.4 Å². The summed E-state index contributed by atoms with van der Waals surface area (Å²) in [6.07, 6.45) is 7.86. The number of fused-ring (bicyclic) bond motifs is 2. The standard InChI is InChI=1S/C50H66N4O10S/c1-7-26-54(65(59,60)39-23-20-37(21-24-39)52-34(3)57)45-32-43(53-64-49(4,5)6)41-30-36(18-12-14-27-55)40(19-13-15-28-56)46-42-31-38(62-48(58)51-33-35-16-10-9-11-17-35)22-25-44(42)63-50(45,47(41)46)61-29-8-2/h8-11,16-17,20-25,30-31,36,40,45-47,55-56H,2,7,12-15,18-19,26-29,32-33H2,1,3-6H3,(H,51,58)(H,52,57)/t36-,40+,45-,46+,47+,50+/m0/s1.